The summed E-state index contributed by atoms with van der Waals surface area (Å²) in [5.41, 5.74) is 5.95. The van der Waals surface area contributed by atoms with E-state index in [1.54, 1.807) is 0 Å². The van der Waals surface area contributed by atoms with Crippen molar-refractivity contribution in [2.75, 3.05) is 13.2 Å². The number of carbonyl (C=O) groups is 1. The van der Waals surface area contributed by atoms with Crippen LogP contribution in [0.3, 0.4) is 0 Å². The van der Waals surface area contributed by atoms with E-state index >= 15 is 0 Å². The molecule has 1 aliphatic heterocycles. The molecule has 0 aromatic rings. The number of hydrogen-bond donors (Lipinski definition) is 2. The van der Waals surface area contributed by atoms with E-state index in [0.717, 1.165) is 45.1 Å². The Labute approximate surface area is 110 Å². The number of amides is 1. The first kappa shape index (κ1) is 13.8. The van der Waals surface area contributed by atoms with Crippen LogP contribution in [0.4, 0.5) is 0 Å². The van der Waals surface area contributed by atoms with Gasteiger partial charge in [-0.15, -0.1) is 0 Å². The number of nitrogens with two attached hydrogens (primary N) is 1. The van der Waals surface area contributed by atoms with Gasteiger partial charge in [-0.1, -0.05) is 6.92 Å². The molecule has 4 unspecified atom stereocenters. The fourth-order valence-corrected chi connectivity index (χ4v) is 3.50. The van der Waals surface area contributed by atoms with Gasteiger partial charge in [0.25, 0.3) is 0 Å². The fraction of sp³-hybridized carbons (Fsp3) is 0.929. The first-order chi connectivity index (χ1) is 8.63. The second-order valence-electron chi connectivity index (χ2n) is 6.02. The van der Waals surface area contributed by atoms with E-state index in [9.17, 15) is 9.90 Å². The zero-order valence-electron chi connectivity index (χ0n) is 11.3. The molecule has 0 spiro atoms. The molecule has 18 heavy (non-hydrogen) atoms. The molecule has 4 nitrogen and oxygen atoms in total. The first-order valence-corrected chi connectivity index (χ1v) is 7.30. The van der Waals surface area contributed by atoms with Crippen molar-refractivity contribution in [2.24, 2.45) is 17.6 Å². The van der Waals surface area contributed by atoms with E-state index in [4.69, 9.17) is 5.73 Å². The molecular formula is C14H26N2O2. The van der Waals surface area contributed by atoms with Crippen molar-refractivity contribution in [1.29, 1.82) is 0 Å². The van der Waals surface area contributed by atoms with Crippen molar-refractivity contribution in [3.05, 3.63) is 0 Å². The van der Waals surface area contributed by atoms with Crippen LogP contribution < -0.4 is 5.73 Å². The standard InChI is InChI=1S/C14H26N2O2/c1-10-8-11(15)5-6-13(10)14(18)16-7-3-2-4-12(16)9-17/h10-13,17H,2-9,15H2,1H3. The summed E-state index contributed by atoms with van der Waals surface area (Å²) >= 11 is 0. The molecular weight excluding hydrogens is 228 g/mol. The monoisotopic (exact) mass is 254 g/mol. The molecule has 1 saturated heterocycles. The Balaban J connectivity index is 2.01. The lowest BCUT2D eigenvalue weighted by Gasteiger charge is -2.40. The number of rotatable bonds is 2. The average Bonchev–Trinajstić information content (AvgIpc) is 2.38. The predicted octanol–water partition coefficient (Wildman–Crippen LogP) is 1.12. The molecule has 1 aliphatic carbocycles. The third kappa shape index (κ3) is 2.86. The van der Waals surface area contributed by atoms with Crippen molar-refractivity contribution < 1.29 is 9.90 Å². The Morgan fingerprint density at radius 3 is 2.78 bits per heavy atom. The van der Waals surface area contributed by atoms with E-state index < -0.39 is 0 Å². The van der Waals surface area contributed by atoms with E-state index in [0.29, 0.717) is 5.92 Å². The van der Waals surface area contributed by atoms with Crippen molar-refractivity contribution in [2.45, 2.75) is 57.5 Å². The third-order valence-corrected chi connectivity index (χ3v) is 4.65. The van der Waals surface area contributed by atoms with Gasteiger partial charge in [0.2, 0.25) is 5.91 Å². The highest BCUT2D eigenvalue weighted by Gasteiger charge is 2.36. The number of piperidine rings is 1. The molecule has 1 heterocycles. The molecule has 0 radical (unpaired) electrons. The minimum atomic E-state index is 0.0500. The molecule has 2 rings (SSSR count). The molecule has 0 aromatic heterocycles. The zero-order chi connectivity index (χ0) is 13.1. The Kier molecular flexibility index (Phi) is 4.62. The van der Waals surface area contributed by atoms with E-state index in [1.165, 1.54) is 0 Å². The van der Waals surface area contributed by atoms with Gasteiger partial charge in [0.1, 0.15) is 0 Å². The third-order valence-electron chi connectivity index (χ3n) is 4.65. The molecule has 1 amide bonds. The Morgan fingerprint density at radius 1 is 1.33 bits per heavy atom. The van der Waals surface area contributed by atoms with Gasteiger partial charge in [0.15, 0.2) is 0 Å². The second kappa shape index (κ2) is 6.02. The summed E-state index contributed by atoms with van der Waals surface area (Å²) < 4.78 is 0. The number of hydrogen-bond acceptors (Lipinski definition) is 3. The van der Waals surface area contributed by atoms with Crippen LogP contribution in [0.5, 0.6) is 0 Å². The SMILES string of the molecule is CC1CC(N)CCC1C(=O)N1CCCCC1CO. The highest BCUT2D eigenvalue weighted by atomic mass is 16.3. The molecule has 1 saturated carbocycles. The largest absolute Gasteiger partial charge is 0.394 e. The maximum absolute atomic E-state index is 12.6. The van der Waals surface area contributed by atoms with Crippen LogP contribution in [0.25, 0.3) is 0 Å². The van der Waals surface area contributed by atoms with Crippen LogP contribution in [0.15, 0.2) is 0 Å². The smallest absolute Gasteiger partial charge is 0.226 e. The minimum Gasteiger partial charge on any atom is -0.394 e. The maximum Gasteiger partial charge on any atom is 0.226 e. The molecule has 0 bridgehead atoms. The summed E-state index contributed by atoms with van der Waals surface area (Å²) in [7, 11) is 0. The van der Waals surface area contributed by atoms with Gasteiger partial charge in [0.05, 0.1) is 12.6 Å². The number of likely N-dealkylation sites (tertiary alicyclic amines) is 1. The first-order valence-electron chi connectivity index (χ1n) is 7.30. The van der Waals surface area contributed by atoms with Crippen LogP contribution in [-0.4, -0.2) is 41.1 Å². The van der Waals surface area contributed by atoms with Crippen LogP contribution in [0.2, 0.25) is 0 Å². The Bertz CT molecular complexity index is 296. The fourth-order valence-electron chi connectivity index (χ4n) is 3.50. The lowest BCUT2D eigenvalue weighted by molar-refractivity contribution is -0.143. The van der Waals surface area contributed by atoms with Crippen molar-refractivity contribution >= 4 is 5.91 Å². The molecule has 3 N–H and O–H groups in total. The highest BCUT2D eigenvalue weighted by molar-refractivity contribution is 5.79. The van der Waals surface area contributed by atoms with Crippen LogP contribution in [0, 0.1) is 11.8 Å². The zero-order valence-corrected chi connectivity index (χ0v) is 11.3. The van der Waals surface area contributed by atoms with Crippen LogP contribution in [0.1, 0.15) is 45.4 Å². The van der Waals surface area contributed by atoms with Gasteiger partial charge >= 0.3 is 0 Å². The normalized spacial score (nSPS) is 37.6. The average molecular weight is 254 g/mol. The highest BCUT2D eigenvalue weighted by Crippen LogP contribution is 2.32. The number of aliphatic hydroxyl groups is 1. The van der Waals surface area contributed by atoms with Crippen molar-refractivity contribution in [3.63, 3.8) is 0 Å². The van der Waals surface area contributed by atoms with Crippen LogP contribution >= 0.6 is 0 Å². The van der Waals surface area contributed by atoms with Gasteiger partial charge in [0, 0.05) is 18.5 Å². The summed E-state index contributed by atoms with van der Waals surface area (Å²) in [5, 5.41) is 9.40. The molecule has 4 heteroatoms. The summed E-state index contributed by atoms with van der Waals surface area (Å²) in [6.07, 6.45) is 5.97. The van der Waals surface area contributed by atoms with Crippen molar-refractivity contribution in [3.8, 4) is 0 Å². The van der Waals surface area contributed by atoms with E-state index in [2.05, 4.69) is 6.92 Å². The number of carbonyl (C=O) groups excluding carboxylic acids is 1. The second-order valence-corrected chi connectivity index (χ2v) is 6.02. The van der Waals surface area contributed by atoms with E-state index in [1.807, 2.05) is 4.90 Å². The van der Waals surface area contributed by atoms with Gasteiger partial charge in [-0.25, -0.2) is 0 Å². The predicted molar refractivity (Wildman–Crippen MR) is 70.9 cm³/mol. The number of nitrogens with zero attached hydrogens (tertiary/aromatic N) is 1. The molecule has 2 aliphatic rings. The van der Waals surface area contributed by atoms with Gasteiger partial charge in [-0.05, 0) is 44.4 Å². The van der Waals surface area contributed by atoms with Gasteiger partial charge in [-0.2, -0.15) is 0 Å². The Morgan fingerprint density at radius 2 is 2.11 bits per heavy atom. The van der Waals surface area contributed by atoms with Crippen molar-refractivity contribution in [1.82, 2.24) is 4.90 Å². The summed E-state index contributed by atoms with van der Waals surface area (Å²) in [5.74, 6) is 0.757. The van der Waals surface area contributed by atoms with Gasteiger partial charge in [-0.3, -0.25) is 4.79 Å². The lowest BCUT2D eigenvalue weighted by atomic mass is 9.77. The quantitative estimate of drug-likeness (QED) is 0.776. The number of aliphatic hydroxyl groups excluding tert-OH is 1. The lowest BCUT2D eigenvalue weighted by Crippen LogP contribution is -2.50. The summed E-state index contributed by atoms with van der Waals surface area (Å²) in [6.45, 7) is 3.06. The molecule has 104 valence electrons. The molecule has 4 atom stereocenters. The summed E-state index contributed by atoms with van der Waals surface area (Å²) in [6, 6.07) is 0.313. The topological polar surface area (TPSA) is 66.6 Å². The van der Waals surface area contributed by atoms with Crippen LogP contribution in [-0.2, 0) is 4.79 Å². The minimum absolute atomic E-state index is 0.0500. The van der Waals surface area contributed by atoms with Gasteiger partial charge < -0.3 is 15.7 Å². The maximum atomic E-state index is 12.6. The van der Waals surface area contributed by atoms with E-state index in [-0.39, 0.29) is 30.5 Å². The summed E-state index contributed by atoms with van der Waals surface area (Å²) in [4.78, 5) is 14.5. The molecule has 0 aromatic carbocycles. The Hall–Kier alpha value is -0.610. The molecule has 2 fully saturated rings.